The summed E-state index contributed by atoms with van der Waals surface area (Å²) in [6, 6.07) is 9.85. The molecule has 1 heterocycles. The molecule has 0 aromatic heterocycles. The van der Waals surface area contributed by atoms with Crippen molar-refractivity contribution in [3.05, 3.63) is 35.4 Å². The first kappa shape index (κ1) is 13.6. The number of hydrogen-bond donors (Lipinski definition) is 0. The first-order chi connectivity index (χ1) is 9.19. The second-order valence-corrected chi connectivity index (χ2v) is 4.94. The van der Waals surface area contributed by atoms with E-state index in [0.29, 0.717) is 5.56 Å². The van der Waals surface area contributed by atoms with Crippen molar-refractivity contribution in [2.45, 2.75) is 19.9 Å². The lowest BCUT2D eigenvalue weighted by Crippen LogP contribution is -2.33. The predicted molar refractivity (Wildman–Crippen MR) is 73.3 cm³/mol. The van der Waals surface area contributed by atoms with E-state index in [1.165, 1.54) is 5.56 Å². The van der Waals surface area contributed by atoms with E-state index >= 15 is 0 Å². The van der Waals surface area contributed by atoms with Crippen LogP contribution in [0.15, 0.2) is 24.3 Å². The van der Waals surface area contributed by atoms with E-state index in [4.69, 9.17) is 5.26 Å². The van der Waals surface area contributed by atoms with E-state index in [9.17, 15) is 4.79 Å². The number of carbonyl (C=O) groups excluding carboxylic acids is 1. The summed E-state index contributed by atoms with van der Waals surface area (Å²) in [5.41, 5.74) is 1.91. The summed E-state index contributed by atoms with van der Waals surface area (Å²) < 4.78 is 0. The normalized spacial score (nSPS) is 16.7. The second-order valence-electron chi connectivity index (χ2n) is 4.94. The van der Waals surface area contributed by atoms with E-state index < -0.39 is 0 Å². The highest BCUT2D eigenvalue weighted by Crippen LogP contribution is 2.10. The minimum absolute atomic E-state index is 0.167. The number of rotatable bonds is 2. The number of amides is 1. The van der Waals surface area contributed by atoms with Crippen LogP contribution in [0.25, 0.3) is 0 Å². The topological polar surface area (TPSA) is 47.3 Å². The molecule has 1 saturated heterocycles. The molecule has 4 heteroatoms. The van der Waals surface area contributed by atoms with Crippen LogP contribution in [0.4, 0.5) is 0 Å². The summed E-state index contributed by atoms with van der Waals surface area (Å²) in [5.74, 6) is 0.167. The summed E-state index contributed by atoms with van der Waals surface area (Å²) in [6.07, 6.45) is 1.02. The Morgan fingerprint density at radius 1 is 1.21 bits per heavy atom. The van der Waals surface area contributed by atoms with Gasteiger partial charge in [-0.25, -0.2) is 0 Å². The maximum atomic E-state index is 11.4. The molecule has 0 unspecified atom stereocenters. The lowest BCUT2D eigenvalue weighted by molar-refractivity contribution is -0.128. The van der Waals surface area contributed by atoms with Gasteiger partial charge < -0.3 is 4.90 Å². The van der Waals surface area contributed by atoms with Crippen molar-refractivity contribution in [1.82, 2.24) is 9.80 Å². The zero-order valence-electron chi connectivity index (χ0n) is 11.3. The van der Waals surface area contributed by atoms with Crippen molar-refractivity contribution < 1.29 is 4.79 Å². The van der Waals surface area contributed by atoms with Gasteiger partial charge >= 0.3 is 0 Å². The minimum atomic E-state index is 0.167. The Morgan fingerprint density at radius 3 is 2.58 bits per heavy atom. The second kappa shape index (κ2) is 6.35. The molecular formula is C15H19N3O. The quantitative estimate of drug-likeness (QED) is 0.808. The van der Waals surface area contributed by atoms with Crippen molar-refractivity contribution in [2.75, 3.05) is 26.2 Å². The molecule has 4 nitrogen and oxygen atoms in total. The zero-order valence-corrected chi connectivity index (χ0v) is 11.3. The van der Waals surface area contributed by atoms with Crippen LogP contribution in [-0.4, -0.2) is 41.9 Å². The fourth-order valence-corrected chi connectivity index (χ4v) is 2.39. The molecule has 2 rings (SSSR count). The third-order valence-electron chi connectivity index (χ3n) is 3.52. The third-order valence-corrected chi connectivity index (χ3v) is 3.52. The molecular weight excluding hydrogens is 238 g/mol. The smallest absolute Gasteiger partial charge is 0.219 e. The Labute approximate surface area is 114 Å². The van der Waals surface area contributed by atoms with Gasteiger partial charge in [0.2, 0.25) is 5.91 Å². The van der Waals surface area contributed by atoms with Crippen LogP contribution in [0, 0.1) is 11.3 Å². The van der Waals surface area contributed by atoms with Gasteiger partial charge in [0.1, 0.15) is 0 Å². The van der Waals surface area contributed by atoms with Gasteiger partial charge in [0.25, 0.3) is 0 Å². The lowest BCUT2D eigenvalue weighted by Gasteiger charge is -2.21. The van der Waals surface area contributed by atoms with Gasteiger partial charge in [-0.1, -0.05) is 12.1 Å². The molecule has 1 aromatic rings. The van der Waals surface area contributed by atoms with Gasteiger partial charge in [-0.05, 0) is 24.1 Å². The largest absolute Gasteiger partial charge is 0.342 e. The summed E-state index contributed by atoms with van der Waals surface area (Å²) in [5, 5.41) is 8.77. The Morgan fingerprint density at radius 2 is 1.95 bits per heavy atom. The molecule has 1 aromatic carbocycles. The summed E-state index contributed by atoms with van der Waals surface area (Å²) in [7, 11) is 0. The van der Waals surface area contributed by atoms with Crippen molar-refractivity contribution in [2.24, 2.45) is 0 Å². The van der Waals surface area contributed by atoms with Gasteiger partial charge in [-0.15, -0.1) is 0 Å². The minimum Gasteiger partial charge on any atom is -0.342 e. The van der Waals surface area contributed by atoms with Crippen LogP contribution >= 0.6 is 0 Å². The van der Waals surface area contributed by atoms with Crippen molar-refractivity contribution in [1.29, 1.82) is 5.26 Å². The summed E-state index contributed by atoms with van der Waals surface area (Å²) >= 11 is 0. The average molecular weight is 257 g/mol. The first-order valence-electron chi connectivity index (χ1n) is 6.66. The van der Waals surface area contributed by atoms with E-state index in [1.54, 1.807) is 6.92 Å². The number of nitrogens with zero attached hydrogens (tertiary/aromatic N) is 3. The number of benzene rings is 1. The van der Waals surface area contributed by atoms with Crippen molar-refractivity contribution in [3.8, 4) is 6.07 Å². The SMILES string of the molecule is CC(=O)N1CCCN(Cc2ccc(C#N)cc2)CC1. The Kier molecular flexibility index (Phi) is 4.53. The van der Waals surface area contributed by atoms with Crippen LogP contribution in [0.2, 0.25) is 0 Å². The molecule has 19 heavy (non-hydrogen) atoms. The molecule has 0 radical (unpaired) electrons. The van der Waals surface area contributed by atoms with Gasteiger partial charge in [-0.2, -0.15) is 5.26 Å². The third kappa shape index (κ3) is 3.80. The van der Waals surface area contributed by atoms with Crippen molar-refractivity contribution in [3.63, 3.8) is 0 Å². The van der Waals surface area contributed by atoms with Crippen LogP contribution in [-0.2, 0) is 11.3 Å². The monoisotopic (exact) mass is 257 g/mol. The van der Waals surface area contributed by atoms with E-state index in [-0.39, 0.29) is 5.91 Å². The molecule has 0 N–H and O–H groups in total. The molecule has 1 amide bonds. The highest BCUT2D eigenvalue weighted by molar-refractivity contribution is 5.73. The van der Waals surface area contributed by atoms with Gasteiger partial charge in [0.05, 0.1) is 11.6 Å². The van der Waals surface area contributed by atoms with Crippen LogP contribution in [0.5, 0.6) is 0 Å². The Balaban J connectivity index is 1.92. The molecule has 0 atom stereocenters. The molecule has 0 aliphatic carbocycles. The van der Waals surface area contributed by atoms with E-state index in [1.807, 2.05) is 29.2 Å². The molecule has 0 bridgehead atoms. The number of carbonyl (C=O) groups is 1. The van der Waals surface area contributed by atoms with Gasteiger partial charge in [0.15, 0.2) is 0 Å². The highest BCUT2D eigenvalue weighted by Gasteiger charge is 2.16. The van der Waals surface area contributed by atoms with Crippen LogP contribution < -0.4 is 0 Å². The van der Waals surface area contributed by atoms with E-state index in [0.717, 1.165) is 39.1 Å². The number of hydrogen-bond acceptors (Lipinski definition) is 3. The van der Waals surface area contributed by atoms with Gasteiger partial charge in [0, 0.05) is 39.6 Å². The molecule has 1 aliphatic rings. The maximum absolute atomic E-state index is 11.4. The lowest BCUT2D eigenvalue weighted by atomic mass is 10.1. The number of nitriles is 1. The van der Waals surface area contributed by atoms with Crippen LogP contribution in [0.3, 0.4) is 0 Å². The first-order valence-corrected chi connectivity index (χ1v) is 6.66. The molecule has 0 saturated carbocycles. The Bertz CT molecular complexity index is 475. The molecule has 1 aliphatic heterocycles. The zero-order chi connectivity index (χ0) is 13.7. The summed E-state index contributed by atoms with van der Waals surface area (Å²) in [4.78, 5) is 15.6. The standard InChI is InChI=1S/C15H19N3O/c1-13(19)18-8-2-7-17(9-10-18)12-15-5-3-14(11-16)4-6-15/h3-6H,2,7-10,12H2,1H3. The van der Waals surface area contributed by atoms with Crippen molar-refractivity contribution >= 4 is 5.91 Å². The average Bonchev–Trinajstić information content (AvgIpc) is 2.65. The molecule has 100 valence electrons. The van der Waals surface area contributed by atoms with Crippen LogP contribution in [0.1, 0.15) is 24.5 Å². The fourth-order valence-electron chi connectivity index (χ4n) is 2.39. The maximum Gasteiger partial charge on any atom is 0.219 e. The van der Waals surface area contributed by atoms with E-state index in [2.05, 4.69) is 11.0 Å². The molecule has 1 fully saturated rings. The predicted octanol–water partition coefficient (Wildman–Crippen LogP) is 1.61. The Hall–Kier alpha value is -1.86. The summed E-state index contributed by atoms with van der Waals surface area (Å²) in [6.45, 7) is 6.13. The van der Waals surface area contributed by atoms with Gasteiger partial charge in [-0.3, -0.25) is 9.69 Å². The fraction of sp³-hybridized carbons (Fsp3) is 0.467. The molecule has 0 spiro atoms. The highest BCUT2D eigenvalue weighted by atomic mass is 16.2.